The number of hydrogen-bond donors (Lipinski definition) is 4. The maximum atomic E-state index is 14.2. The Bertz CT molecular complexity index is 1470. The number of nitrogens with one attached hydrogen (secondary N) is 2. The van der Waals surface area contributed by atoms with Gasteiger partial charge in [-0.3, -0.25) is 19.1 Å². The van der Waals surface area contributed by atoms with Crippen LogP contribution in [0.25, 0.3) is 0 Å². The molecule has 3 heterocycles. The van der Waals surface area contributed by atoms with Gasteiger partial charge in [-0.05, 0) is 53.7 Å². The molecule has 1 aromatic rings. The molecule has 4 N–H and O–H groups in total. The molecule has 1 aromatic carbocycles. The average molecular weight is 675 g/mol. The number of carbonyl (C=O) groups excluding carboxylic acids is 4. The van der Waals surface area contributed by atoms with Crippen LogP contribution < -0.4 is 10.6 Å². The Morgan fingerprint density at radius 3 is 2.55 bits per heavy atom. The second-order valence-electron chi connectivity index (χ2n) is 14.6. The van der Waals surface area contributed by atoms with Crippen LogP contribution in [0.1, 0.15) is 76.5 Å². The van der Waals surface area contributed by atoms with Gasteiger partial charge >= 0.3 is 19.8 Å². The lowest BCUT2D eigenvalue weighted by molar-refractivity contribution is -0.142. The number of rotatable bonds is 4. The molecule has 5 rings (SSSR count). The minimum absolute atomic E-state index is 0.000455. The lowest BCUT2D eigenvalue weighted by Gasteiger charge is -2.35. The van der Waals surface area contributed by atoms with Crippen LogP contribution in [0.5, 0.6) is 0 Å². The van der Waals surface area contributed by atoms with Crippen LogP contribution in [0, 0.1) is 17.3 Å². The van der Waals surface area contributed by atoms with Gasteiger partial charge in [-0.1, -0.05) is 58.4 Å². The van der Waals surface area contributed by atoms with E-state index in [-0.39, 0.29) is 31.9 Å². The molecular formula is C33H47N4O9P. The summed E-state index contributed by atoms with van der Waals surface area (Å²) < 4.78 is 23.9. The standard InChI is InChI=1S/C33H47N4O9P/c1-6-23-15-33(23,47(42,43)44)35-28(38)26-14-24-17-37(26)29(39)27(32(3,4)5)34-30(40)45-19-20(2)10-7-8-11-21-12-9-13-22-16-36(18-25(21)22)31(41)46-24/h6,9,12-13,20,23-24,26-27H,1,7-8,10-11,14-19H2,2-5H3,(H,34,40)(H,35,38)(H2,42,43,44)/t20-,23+,24+,26-,27+,33-/m0/s1. The van der Waals surface area contributed by atoms with Gasteiger partial charge in [0.15, 0.2) is 0 Å². The fourth-order valence-electron chi connectivity index (χ4n) is 6.93. The summed E-state index contributed by atoms with van der Waals surface area (Å²) in [5, 5.41) is 3.39. The molecule has 0 radical (unpaired) electrons. The van der Waals surface area contributed by atoms with E-state index in [0.717, 1.165) is 36.8 Å². The molecule has 1 saturated carbocycles. The van der Waals surface area contributed by atoms with Gasteiger partial charge in [-0.2, -0.15) is 0 Å². The molecule has 2 fully saturated rings. The topological polar surface area (TPSA) is 175 Å². The van der Waals surface area contributed by atoms with Crippen LogP contribution in [-0.2, 0) is 43.1 Å². The number of hydrogen-bond acceptors (Lipinski definition) is 7. The second-order valence-corrected chi connectivity index (χ2v) is 16.4. The van der Waals surface area contributed by atoms with Gasteiger partial charge in [0.25, 0.3) is 0 Å². The van der Waals surface area contributed by atoms with E-state index in [4.69, 9.17) is 9.47 Å². The Labute approximate surface area is 275 Å². The van der Waals surface area contributed by atoms with Gasteiger partial charge in [0.1, 0.15) is 23.5 Å². The highest BCUT2D eigenvalue weighted by molar-refractivity contribution is 7.54. The summed E-state index contributed by atoms with van der Waals surface area (Å²) in [6.45, 7) is 11.7. The summed E-state index contributed by atoms with van der Waals surface area (Å²) in [5.74, 6) is -1.94. The van der Waals surface area contributed by atoms with Crippen molar-refractivity contribution >= 4 is 31.6 Å². The first-order valence-corrected chi connectivity index (χ1v) is 17.9. The predicted octanol–water partition coefficient (Wildman–Crippen LogP) is 3.81. The number of amides is 4. The van der Waals surface area contributed by atoms with Gasteiger partial charge in [0.05, 0.1) is 13.2 Å². The molecule has 6 atom stereocenters. The van der Waals surface area contributed by atoms with Crippen molar-refractivity contribution in [3.05, 3.63) is 47.5 Å². The van der Waals surface area contributed by atoms with Gasteiger partial charge in [-0.25, -0.2) is 9.59 Å². The molecule has 0 aromatic heterocycles. The molecule has 4 aliphatic rings. The number of ether oxygens (including phenoxy) is 2. The van der Waals surface area contributed by atoms with Crippen molar-refractivity contribution in [1.82, 2.24) is 20.4 Å². The molecule has 4 bridgehead atoms. The van der Waals surface area contributed by atoms with Crippen molar-refractivity contribution in [3.8, 4) is 0 Å². The van der Waals surface area contributed by atoms with Crippen molar-refractivity contribution in [3.63, 3.8) is 0 Å². The van der Waals surface area contributed by atoms with Crippen molar-refractivity contribution in [2.75, 3.05) is 13.2 Å². The number of cyclic esters (lactones) is 1. The zero-order valence-electron chi connectivity index (χ0n) is 27.6. The SMILES string of the molecule is C=C[C@@H]1C[C@]1(NC(=O)[C@@H]1C[C@@H]2CN1C(=O)[C@H](C(C)(C)C)NC(=O)OC[C@@H](C)CCCCc1cccc3c1CN(C3)C(=O)O2)P(=O)(O)O. The first-order chi connectivity index (χ1) is 22.0. The third kappa shape index (κ3) is 7.37. The van der Waals surface area contributed by atoms with Crippen molar-refractivity contribution in [1.29, 1.82) is 0 Å². The molecular weight excluding hydrogens is 627 g/mol. The molecule has 14 heteroatoms. The Balaban J connectivity index is 1.44. The van der Waals surface area contributed by atoms with Crippen LogP contribution in [0.3, 0.4) is 0 Å². The first-order valence-electron chi connectivity index (χ1n) is 16.3. The molecule has 0 spiro atoms. The van der Waals surface area contributed by atoms with Crippen molar-refractivity contribution < 1.29 is 43.0 Å². The third-order valence-electron chi connectivity index (χ3n) is 9.85. The summed E-state index contributed by atoms with van der Waals surface area (Å²) in [7, 11) is -4.81. The van der Waals surface area contributed by atoms with Crippen LogP contribution in [-0.4, -0.2) is 80.2 Å². The molecule has 4 amide bonds. The molecule has 47 heavy (non-hydrogen) atoms. The minimum Gasteiger partial charge on any atom is -0.449 e. The highest BCUT2D eigenvalue weighted by atomic mass is 31.2. The molecule has 1 aliphatic carbocycles. The van der Waals surface area contributed by atoms with Crippen molar-refractivity contribution in [2.45, 2.75) is 103 Å². The Morgan fingerprint density at radius 1 is 1.17 bits per heavy atom. The van der Waals surface area contributed by atoms with Crippen LogP contribution in [0.4, 0.5) is 9.59 Å². The fraction of sp³-hybridized carbons (Fsp3) is 0.636. The highest BCUT2D eigenvalue weighted by Gasteiger charge is 2.66. The largest absolute Gasteiger partial charge is 0.449 e. The van der Waals surface area contributed by atoms with E-state index in [2.05, 4.69) is 23.3 Å². The first kappa shape index (κ1) is 34.9. The smallest absolute Gasteiger partial charge is 0.410 e. The second kappa shape index (κ2) is 13.2. The van der Waals surface area contributed by atoms with E-state index >= 15 is 0 Å². The van der Waals surface area contributed by atoms with E-state index in [1.807, 2.05) is 19.1 Å². The number of carbonyl (C=O) groups is 4. The third-order valence-corrected chi connectivity index (χ3v) is 11.5. The van der Waals surface area contributed by atoms with Crippen LogP contribution in [0.15, 0.2) is 30.9 Å². The van der Waals surface area contributed by atoms with Crippen molar-refractivity contribution in [2.24, 2.45) is 17.3 Å². The van der Waals surface area contributed by atoms with Crippen LogP contribution >= 0.6 is 7.60 Å². The normalized spacial score (nSPS) is 30.6. The number of aryl methyl sites for hydroxylation is 1. The molecule has 1 saturated heterocycles. The van der Waals surface area contributed by atoms with E-state index < -0.39 is 66.4 Å². The molecule has 13 nitrogen and oxygen atoms in total. The summed E-state index contributed by atoms with van der Waals surface area (Å²) >= 11 is 0. The van der Waals surface area contributed by atoms with E-state index in [0.29, 0.717) is 13.1 Å². The highest BCUT2D eigenvalue weighted by Crippen LogP contribution is 2.67. The predicted molar refractivity (Wildman–Crippen MR) is 172 cm³/mol. The maximum absolute atomic E-state index is 14.2. The lowest BCUT2D eigenvalue weighted by atomic mass is 9.85. The molecule has 0 unspecified atom stereocenters. The number of fused-ring (bicyclic) bond motifs is 3. The van der Waals surface area contributed by atoms with Crippen LogP contribution in [0.2, 0.25) is 0 Å². The average Bonchev–Trinajstić information content (AvgIpc) is 3.31. The van der Waals surface area contributed by atoms with E-state index in [1.54, 1.807) is 25.7 Å². The summed E-state index contributed by atoms with van der Waals surface area (Å²) in [6.07, 6.45) is 2.63. The number of alkyl carbamates (subject to hydrolysis) is 1. The zero-order valence-corrected chi connectivity index (χ0v) is 28.5. The lowest BCUT2D eigenvalue weighted by Crippen LogP contribution is -2.58. The van der Waals surface area contributed by atoms with E-state index in [9.17, 15) is 33.5 Å². The quantitative estimate of drug-likeness (QED) is 0.274. The van der Waals surface area contributed by atoms with Gasteiger partial charge in [0, 0.05) is 25.4 Å². The van der Waals surface area contributed by atoms with Gasteiger partial charge < -0.3 is 34.8 Å². The monoisotopic (exact) mass is 674 g/mol. The summed E-state index contributed by atoms with van der Waals surface area (Å²) in [6, 6.07) is 3.72. The molecule has 258 valence electrons. The summed E-state index contributed by atoms with van der Waals surface area (Å²) in [5.41, 5.74) is 2.51. The van der Waals surface area contributed by atoms with Gasteiger partial charge in [-0.15, -0.1) is 6.58 Å². The minimum atomic E-state index is -4.81. The zero-order chi connectivity index (χ0) is 34.3. The maximum Gasteiger partial charge on any atom is 0.410 e. The fourth-order valence-corrected chi connectivity index (χ4v) is 8.16. The Kier molecular flexibility index (Phi) is 9.84. The summed E-state index contributed by atoms with van der Waals surface area (Å²) in [4.78, 5) is 77.5. The molecule has 3 aliphatic heterocycles. The number of nitrogens with zero attached hydrogens (tertiary/aromatic N) is 2. The van der Waals surface area contributed by atoms with E-state index in [1.165, 1.54) is 16.5 Å². The number of benzene rings is 1. The Morgan fingerprint density at radius 2 is 1.89 bits per heavy atom. The van der Waals surface area contributed by atoms with Gasteiger partial charge in [0.2, 0.25) is 11.8 Å². The Hall–Kier alpha value is -3.41.